The van der Waals surface area contributed by atoms with Gasteiger partial charge < -0.3 is 19.5 Å². The molecule has 0 bridgehead atoms. The minimum absolute atomic E-state index is 0.00509. The van der Waals surface area contributed by atoms with Crippen LogP contribution in [0.3, 0.4) is 0 Å². The van der Waals surface area contributed by atoms with Gasteiger partial charge in [0.1, 0.15) is 0 Å². The smallest absolute Gasteiger partial charge is 0.231 e. The second-order valence-corrected chi connectivity index (χ2v) is 4.22. The third-order valence-electron chi connectivity index (χ3n) is 2.92. The number of aryl methyl sites for hydroxylation is 1. The summed E-state index contributed by atoms with van der Waals surface area (Å²) in [6.45, 7) is 2.39. The van der Waals surface area contributed by atoms with Crippen LogP contribution in [-0.2, 0) is 0 Å². The van der Waals surface area contributed by atoms with Crippen molar-refractivity contribution < 1.29 is 14.6 Å². The van der Waals surface area contributed by atoms with Crippen molar-refractivity contribution in [1.82, 2.24) is 4.90 Å². The number of benzene rings is 1. The molecule has 0 aliphatic carbocycles. The van der Waals surface area contributed by atoms with E-state index >= 15 is 0 Å². The summed E-state index contributed by atoms with van der Waals surface area (Å²) >= 11 is 0. The summed E-state index contributed by atoms with van der Waals surface area (Å²) < 4.78 is 10.7. The van der Waals surface area contributed by atoms with E-state index in [1.807, 2.05) is 38.1 Å². The van der Waals surface area contributed by atoms with Crippen molar-refractivity contribution in [3.8, 4) is 11.5 Å². The van der Waals surface area contributed by atoms with E-state index in [0.29, 0.717) is 0 Å². The minimum atomic E-state index is -0.00509. The lowest BCUT2D eigenvalue weighted by atomic mass is 10.00. The molecule has 4 nitrogen and oxygen atoms in total. The maximum absolute atomic E-state index is 9.41. The van der Waals surface area contributed by atoms with Crippen LogP contribution < -0.4 is 9.47 Å². The van der Waals surface area contributed by atoms with Gasteiger partial charge in [0, 0.05) is 0 Å². The number of hydrogen-bond acceptors (Lipinski definition) is 4. The predicted molar refractivity (Wildman–Crippen MR) is 60.8 cm³/mol. The zero-order valence-electron chi connectivity index (χ0n) is 9.86. The largest absolute Gasteiger partial charge is 0.454 e. The molecule has 0 radical (unpaired) electrons. The summed E-state index contributed by atoms with van der Waals surface area (Å²) in [7, 11) is 3.90. The Labute approximate surface area is 95.4 Å². The summed E-state index contributed by atoms with van der Waals surface area (Å²) in [6.07, 6.45) is 0. The van der Waals surface area contributed by atoms with Crippen LogP contribution in [0.15, 0.2) is 12.1 Å². The maximum Gasteiger partial charge on any atom is 0.231 e. The van der Waals surface area contributed by atoms with Crippen molar-refractivity contribution in [2.75, 3.05) is 27.5 Å². The van der Waals surface area contributed by atoms with Gasteiger partial charge in [-0.3, -0.25) is 0 Å². The van der Waals surface area contributed by atoms with Crippen molar-refractivity contribution in [1.29, 1.82) is 0 Å². The molecule has 1 unspecified atom stereocenters. The average Bonchev–Trinajstić information content (AvgIpc) is 2.65. The van der Waals surface area contributed by atoms with Gasteiger partial charge in [-0.25, -0.2) is 0 Å². The zero-order chi connectivity index (χ0) is 11.7. The first-order chi connectivity index (χ1) is 7.63. The molecule has 1 aliphatic heterocycles. The second kappa shape index (κ2) is 4.31. The Hall–Kier alpha value is -1.26. The Balaban J connectivity index is 2.40. The number of fused-ring (bicyclic) bond motifs is 1. The molecule has 0 spiro atoms. The van der Waals surface area contributed by atoms with Crippen LogP contribution in [0, 0.1) is 6.92 Å². The minimum Gasteiger partial charge on any atom is -0.454 e. The van der Waals surface area contributed by atoms with Crippen LogP contribution in [0.5, 0.6) is 11.5 Å². The van der Waals surface area contributed by atoms with E-state index in [4.69, 9.17) is 9.47 Å². The number of hydrogen-bond donors (Lipinski definition) is 1. The molecule has 1 aliphatic rings. The van der Waals surface area contributed by atoms with Crippen molar-refractivity contribution in [3.05, 3.63) is 23.3 Å². The third kappa shape index (κ3) is 1.86. The molecule has 88 valence electrons. The fourth-order valence-corrected chi connectivity index (χ4v) is 1.96. The highest BCUT2D eigenvalue weighted by molar-refractivity contribution is 5.49. The normalized spacial score (nSPS) is 15.6. The van der Waals surface area contributed by atoms with Gasteiger partial charge in [0.15, 0.2) is 11.5 Å². The molecule has 0 amide bonds. The number of nitrogens with zero attached hydrogens (tertiary/aromatic N) is 1. The Kier molecular flexibility index (Phi) is 3.03. The summed E-state index contributed by atoms with van der Waals surface area (Å²) in [6, 6.07) is 3.91. The number of aliphatic hydroxyl groups excluding tert-OH is 1. The molecule has 0 aromatic heterocycles. The molecule has 2 rings (SSSR count). The van der Waals surface area contributed by atoms with E-state index in [1.54, 1.807) is 0 Å². The molecule has 1 N–H and O–H groups in total. The van der Waals surface area contributed by atoms with Crippen LogP contribution in [0.1, 0.15) is 17.2 Å². The molecule has 16 heavy (non-hydrogen) atoms. The maximum atomic E-state index is 9.41. The lowest BCUT2D eigenvalue weighted by Gasteiger charge is -2.24. The lowest BCUT2D eigenvalue weighted by molar-refractivity contribution is 0.169. The van der Waals surface area contributed by atoms with Gasteiger partial charge >= 0.3 is 0 Å². The van der Waals surface area contributed by atoms with Crippen LogP contribution in [0.4, 0.5) is 0 Å². The van der Waals surface area contributed by atoms with Gasteiger partial charge in [0.25, 0.3) is 0 Å². The quantitative estimate of drug-likeness (QED) is 0.839. The predicted octanol–water partition coefficient (Wildman–Crippen LogP) is 1.32. The molecule has 0 fully saturated rings. The molecular formula is C12H17NO3. The van der Waals surface area contributed by atoms with Crippen LogP contribution in [0.2, 0.25) is 0 Å². The van der Waals surface area contributed by atoms with E-state index in [1.165, 1.54) is 0 Å². The first kappa shape index (κ1) is 11.2. The molecule has 1 aromatic rings. The summed E-state index contributed by atoms with van der Waals surface area (Å²) in [5.41, 5.74) is 2.19. The first-order valence-corrected chi connectivity index (χ1v) is 5.31. The van der Waals surface area contributed by atoms with Gasteiger partial charge in [0.05, 0.1) is 12.6 Å². The Morgan fingerprint density at radius 1 is 1.31 bits per heavy atom. The van der Waals surface area contributed by atoms with E-state index in [2.05, 4.69) is 0 Å². The summed E-state index contributed by atoms with van der Waals surface area (Å²) in [5, 5.41) is 9.41. The van der Waals surface area contributed by atoms with Crippen molar-refractivity contribution in [2.24, 2.45) is 0 Å². The fourth-order valence-electron chi connectivity index (χ4n) is 1.96. The summed E-state index contributed by atoms with van der Waals surface area (Å²) in [5.74, 6) is 1.55. The average molecular weight is 223 g/mol. The molecule has 1 heterocycles. The van der Waals surface area contributed by atoms with E-state index in [-0.39, 0.29) is 19.4 Å². The summed E-state index contributed by atoms with van der Waals surface area (Å²) in [4.78, 5) is 1.99. The Morgan fingerprint density at radius 3 is 2.50 bits per heavy atom. The molecule has 4 heteroatoms. The van der Waals surface area contributed by atoms with Crippen molar-refractivity contribution in [3.63, 3.8) is 0 Å². The van der Waals surface area contributed by atoms with Gasteiger partial charge in [-0.2, -0.15) is 0 Å². The molecule has 1 aromatic carbocycles. The Bertz CT molecular complexity index is 390. The number of ether oxygens (including phenoxy) is 2. The molecule has 1 atom stereocenters. The molecule has 0 saturated heterocycles. The number of rotatable bonds is 3. The topological polar surface area (TPSA) is 41.9 Å². The highest BCUT2D eigenvalue weighted by Gasteiger charge is 2.21. The molecular weight excluding hydrogens is 206 g/mol. The number of aliphatic hydroxyl groups is 1. The standard InChI is InChI=1S/C12H17NO3/c1-8-4-11-12(16-7-15-11)5-9(8)10(6-14)13(2)3/h4-5,10,14H,6-7H2,1-3H3. The van der Waals surface area contributed by atoms with Gasteiger partial charge in [-0.15, -0.1) is 0 Å². The lowest BCUT2D eigenvalue weighted by Crippen LogP contribution is -2.23. The van der Waals surface area contributed by atoms with Gasteiger partial charge in [-0.05, 0) is 44.3 Å². The van der Waals surface area contributed by atoms with E-state index < -0.39 is 0 Å². The highest BCUT2D eigenvalue weighted by atomic mass is 16.7. The van der Waals surface area contributed by atoms with Crippen LogP contribution in [0.25, 0.3) is 0 Å². The zero-order valence-corrected chi connectivity index (χ0v) is 9.86. The monoisotopic (exact) mass is 223 g/mol. The fraction of sp³-hybridized carbons (Fsp3) is 0.500. The van der Waals surface area contributed by atoms with Gasteiger partial charge in [-0.1, -0.05) is 0 Å². The third-order valence-corrected chi connectivity index (χ3v) is 2.92. The number of likely N-dealkylation sites (N-methyl/N-ethyl adjacent to an activating group) is 1. The van der Waals surface area contributed by atoms with Crippen molar-refractivity contribution >= 4 is 0 Å². The van der Waals surface area contributed by atoms with Gasteiger partial charge in [0.2, 0.25) is 6.79 Å². The van der Waals surface area contributed by atoms with E-state index in [9.17, 15) is 5.11 Å². The van der Waals surface area contributed by atoms with Crippen LogP contribution >= 0.6 is 0 Å². The van der Waals surface area contributed by atoms with Crippen LogP contribution in [-0.4, -0.2) is 37.5 Å². The Morgan fingerprint density at radius 2 is 1.94 bits per heavy atom. The SMILES string of the molecule is Cc1cc2c(cc1C(CO)N(C)C)OCO2. The first-order valence-electron chi connectivity index (χ1n) is 5.31. The molecule has 0 saturated carbocycles. The second-order valence-electron chi connectivity index (χ2n) is 4.22. The van der Waals surface area contributed by atoms with Crippen molar-refractivity contribution in [2.45, 2.75) is 13.0 Å². The highest BCUT2D eigenvalue weighted by Crippen LogP contribution is 2.37. The van der Waals surface area contributed by atoms with E-state index in [0.717, 1.165) is 22.6 Å².